The summed E-state index contributed by atoms with van der Waals surface area (Å²) in [6.07, 6.45) is 21.7. The molecule has 35 heavy (non-hydrogen) atoms. The monoisotopic (exact) mass is 912 g/mol. The number of hydrogen-bond donors (Lipinski definition) is 0. The Kier molecular flexibility index (Phi) is 71.1. The van der Waals surface area contributed by atoms with Crippen LogP contribution >= 0.6 is 0 Å². The molecule has 0 N–H and O–H groups in total. The third-order valence-corrected chi connectivity index (χ3v) is 6.13. The average Bonchev–Trinajstić information content (AvgIpc) is 3.40. The van der Waals surface area contributed by atoms with Crippen LogP contribution in [0.3, 0.4) is 0 Å². The van der Waals surface area contributed by atoms with Crippen molar-refractivity contribution in [1.82, 2.24) is 0 Å². The number of hydrogen-bond acceptors (Lipinski definition) is 1. The predicted molar refractivity (Wildman–Crippen MR) is 154 cm³/mol. The van der Waals surface area contributed by atoms with E-state index in [4.69, 9.17) is 0 Å². The van der Waals surface area contributed by atoms with E-state index in [0.29, 0.717) is 5.78 Å². The van der Waals surface area contributed by atoms with Crippen LogP contribution in [0.25, 0.3) is 0 Å². The smallest absolute Gasteiger partial charge is 0.358 e. The van der Waals surface area contributed by atoms with E-state index >= 15 is 0 Å². The summed E-state index contributed by atoms with van der Waals surface area (Å²) in [5.74, 6) is 2.77. The Balaban J connectivity index is -0.0000000353. The summed E-state index contributed by atoms with van der Waals surface area (Å²) in [5, 5.41) is 0. The largest absolute Gasteiger partial charge is 2.00 e. The van der Waals surface area contributed by atoms with Gasteiger partial charge in [-0.3, -0.25) is 4.79 Å². The second-order valence-electron chi connectivity index (χ2n) is 9.56. The molecule has 0 aliphatic heterocycles. The van der Waals surface area contributed by atoms with Gasteiger partial charge >= 0.3 is 42.1 Å². The van der Waals surface area contributed by atoms with Crippen molar-refractivity contribution < 1.29 is 79.6 Å². The minimum absolute atomic E-state index is 0. The van der Waals surface area contributed by atoms with Crippen molar-refractivity contribution in [3.63, 3.8) is 0 Å². The fourth-order valence-electron chi connectivity index (χ4n) is 4.05. The van der Waals surface area contributed by atoms with Gasteiger partial charge in [0.1, 0.15) is 5.78 Å². The van der Waals surface area contributed by atoms with E-state index in [2.05, 4.69) is 27.7 Å². The fraction of sp³-hybridized carbons (Fsp3) is 0.806. The number of fused-ring (bicyclic) bond motifs is 1. The first-order chi connectivity index (χ1) is 13.0. The molecule has 4 rings (SSSR count). The van der Waals surface area contributed by atoms with Gasteiger partial charge in [-0.15, -0.1) is 0 Å². The number of Topliss-reactive ketones (excluding diaryl/α,β-unsaturated/α-hetero) is 1. The van der Waals surface area contributed by atoms with Crippen molar-refractivity contribution in [2.75, 3.05) is 0 Å². The summed E-state index contributed by atoms with van der Waals surface area (Å²) in [6, 6.07) is 0. The first-order valence-corrected chi connectivity index (χ1v) is 12.5. The first-order valence-electron chi connectivity index (χ1n) is 12.5. The third-order valence-electron chi connectivity index (χ3n) is 6.13. The van der Waals surface area contributed by atoms with Gasteiger partial charge in [-0.1, -0.05) is 106 Å². The normalized spacial score (nSPS) is 21.1. The van der Waals surface area contributed by atoms with E-state index in [1.54, 1.807) is 25.7 Å². The second-order valence-corrected chi connectivity index (χ2v) is 9.56. The van der Waals surface area contributed by atoms with Crippen molar-refractivity contribution in [3.8, 4) is 0 Å². The average molecular weight is 912 g/mol. The first kappa shape index (κ1) is 61.3. The third kappa shape index (κ3) is 38.4. The molecule has 4 saturated carbocycles. The van der Waals surface area contributed by atoms with Crippen LogP contribution in [-0.4, -0.2) is 5.78 Å². The van der Waals surface area contributed by atoms with Crippen molar-refractivity contribution in [2.45, 2.75) is 144 Å². The van der Waals surface area contributed by atoms with Gasteiger partial charge in [-0.2, -0.15) is 0 Å². The van der Waals surface area contributed by atoms with Crippen LogP contribution in [0, 0.1) is 54.4 Å². The Hall–Kier alpha value is 2.15. The molecule has 0 atom stereocenters. The molecule has 0 aromatic heterocycles. The Morgan fingerprint density at radius 1 is 0.629 bits per heavy atom. The predicted octanol–water partition coefficient (Wildman–Crippen LogP) is 11.4. The summed E-state index contributed by atoms with van der Waals surface area (Å²) in [4.78, 5) is 10.5. The maximum absolute atomic E-state index is 10.5. The molecular formula is C31H67OW2Y-. The summed E-state index contributed by atoms with van der Waals surface area (Å²) in [6.45, 7) is 12.8. The number of carbonyl (C=O) groups is 1. The van der Waals surface area contributed by atoms with Gasteiger partial charge in [0.2, 0.25) is 0 Å². The summed E-state index contributed by atoms with van der Waals surface area (Å²) >= 11 is 0. The maximum atomic E-state index is 10.5. The molecule has 0 bridgehead atoms. The molecule has 4 fully saturated rings. The Labute approximate surface area is 281 Å². The van der Waals surface area contributed by atoms with Gasteiger partial charge in [-0.05, 0) is 42.9 Å². The Morgan fingerprint density at radius 3 is 1.00 bits per heavy atom. The van der Waals surface area contributed by atoms with E-state index in [1.807, 2.05) is 13.8 Å². The van der Waals surface area contributed by atoms with Crippen molar-refractivity contribution in [3.05, 3.63) is 37.1 Å². The number of rotatable bonds is 0. The SMILES string of the molecule is C1CCC2CCCCC2C1.CC.CC1(C)CC1.CCC.O=C1CCCCC1.[CH3-].[CH3-].[CH3-].[CH3-].[CH3-].[W+2].[W+2].[Y]. The molecule has 0 heterocycles. The molecule has 4 heteroatoms. The quantitative estimate of drug-likeness (QED) is 0.221. The van der Waals surface area contributed by atoms with Crippen LogP contribution in [0.2, 0.25) is 0 Å². The Bertz CT molecular complexity index is 322. The van der Waals surface area contributed by atoms with Crippen molar-refractivity contribution >= 4 is 5.78 Å². The van der Waals surface area contributed by atoms with Crippen LogP contribution in [0.4, 0.5) is 0 Å². The van der Waals surface area contributed by atoms with Gasteiger partial charge in [0.15, 0.2) is 0 Å². The van der Waals surface area contributed by atoms with Gasteiger partial charge in [0.05, 0.1) is 0 Å². The summed E-state index contributed by atoms with van der Waals surface area (Å²) in [5.41, 5.74) is 0.750. The van der Waals surface area contributed by atoms with Crippen LogP contribution in [-0.2, 0) is 79.6 Å². The molecule has 0 amide bonds. The van der Waals surface area contributed by atoms with Crippen molar-refractivity contribution in [1.29, 1.82) is 0 Å². The van der Waals surface area contributed by atoms with E-state index in [0.717, 1.165) is 42.9 Å². The zero-order valence-electron chi connectivity index (χ0n) is 26.3. The minimum Gasteiger partial charge on any atom is -0.358 e. The molecular weight excluding hydrogens is 845 g/mol. The second kappa shape index (κ2) is 40.6. The molecule has 1 radical (unpaired) electrons. The molecule has 0 aromatic carbocycles. The fourth-order valence-corrected chi connectivity index (χ4v) is 4.05. The van der Waals surface area contributed by atoms with Gasteiger partial charge in [0.25, 0.3) is 0 Å². The van der Waals surface area contributed by atoms with E-state index in [-0.39, 0.29) is 112 Å². The zero-order chi connectivity index (χ0) is 20.5. The molecule has 4 aliphatic rings. The maximum Gasteiger partial charge on any atom is 2.00 e. The van der Waals surface area contributed by atoms with E-state index in [9.17, 15) is 4.79 Å². The van der Waals surface area contributed by atoms with E-state index in [1.165, 1.54) is 51.4 Å². The standard InChI is InChI=1S/C10H18.C6H10O.C5H10.C3H8.C2H6.5CH3.2W.Y/c1-2-6-10-8-4-3-7-9(10)5-1;7-6-4-2-1-3-5-6;1-5(2)3-4-5;1-3-2;1-2;;;;;;;;/h9-10H,1-8H2;1-5H2;3-4H2,1-2H3;3H2,1-2H3;1-2H3;5*1H3;;;/q;;;;;5*-1;2*+2;. The molecule has 0 saturated heterocycles. The molecule has 0 unspecified atom stereocenters. The molecule has 1 nitrogen and oxygen atoms in total. The number of ketones is 1. The molecule has 213 valence electrons. The van der Waals surface area contributed by atoms with Crippen LogP contribution in [0.15, 0.2) is 0 Å². The summed E-state index contributed by atoms with van der Waals surface area (Å²) < 4.78 is 0. The van der Waals surface area contributed by atoms with Crippen LogP contribution < -0.4 is 0 Å². The van der Waals surface area contributed by atoms with Gasteiger partial charge in [-0.25, -0.2) is 0 Å². The van der Waals surface area contributed by atoms with Gasteiger partial charge in [0, 0.05) is 45.6 Å². The topological polar surface area (TPSA) is 17.1 Å². The molecule has 0 spiro atoms. The van der Waals surface area contributed by atoms with Gasteiger partial charge < -0.3 is 37.1 Å². The molecule has 0 aromatic rings. The van der Waals surface area contributed by atoms with E-state index < -0.39 is 0 Å². The van der Waals surface area contributed by atoms with Crippen LogP contribution in [0.5, 0.6) is 0 Å². The minimum atomic E-state index is 0. The molecule has 4 aliphatic carbocycles. The summed E-state index contributed by atoms with van der Waals surface area (Å²) in [7, 11) is 0. The van der Waals surface area contributed by atoms with Crippen molar-refractivity contribution in [2.24, 2.45) is 17.3 Å². The van der Waals surface area contributed by atoms with Crippen LogP contribution in [0.1, 0.15) is 144 Å². The zero-order valence-corrected chi connectivity index (χ0v) is 35.0. The number of carbonyl (C=O) groups excluding carboxylic acids is 1. The Morgan fingerprint density at radius 2 is 0.857 bits per heavy atom.